The van der Waals surface area contributed by atoms with E-state index in [4.69, 9.17) is 0 Å². The van der Waals surface area contributed by atoms with E-state index < -0.39 is 0 Å². The Morgan fingerprint density at radius 3 is 2.58 bits per heavy atom. The number of benzene rings is 1. The summed E-state index contributed by atoms with van der Waals surface area (Å²) in [5.74, 6) is 0.0460. The molecule has 1 aromatic carbocycles. The SMILES string of the molecule is CCCN(C(=O)c1cccc(NC(=O)N(C)C)c1)C1CCNCC1. The highest BCUT2D eigenvalue weighted by molar-refractivity contribution is 5.97. The third-order valence-corrected chi connectivity index (χ3v) is 4.24. The Morgan fingerprint density at radius 2 is 1.96 bits per heavy atom. The standard InChI is InChI=1S/C18H28N4O2/c1-4-12-22(16-8-10-19-11-9-16)17(23)14-6-5-7-15(13-14)20-18(24)21(2)3/h5-7,13,16,19H,4,8-12H2,1-3H3,(H,20,24). The Morgan fingerprint density at radius 1 is 1.25 bits per heavy atom. The van der Waals surface area contributed by atoms with Crippen LogP contribution >= 0.6 is 0 Å². The molecule has 1 aromatic rings. The van der Waals surface area contributed by atoms with Crippen LogP contribution in [0.2, 0.25) is 0 Å². The van der Waals surface area contributed by atoms with Crippen molar-refractivity contribution in [2.45, 2.75) is 32.2 Å². The van der Waals surface area contributed by atoms with E-state index in [0.717, 1.165) is 38.9 Å². The number of carbonyl (C=O) groups excluding carboxylic acids is 2. The summed E-state index contributed by atoms with van der Waals surface area (Å²) < 4.78 is 0. The van der Waals surface area contributed by atoms with Crippen molar-refractivity contribution < 1.29 is 9.59 Å². The molecule has 1 aliphatic heterocycles. The lowest BCUT2D eigenvalue weighted by atomic mass is 10.0. The number of rotatable bonds is 5. The van der Waals surface area contributed by atoms with Gasteiger partial charge in [0.05, 0.1) is 0 Å². The molecule has 0 radical (unpaired) electrons. The van der Waals surface area contributed by atoms with Crippen LogP contribution in [0.4, 0.5) is 10.5 Å². The van der Waals surface area contributed by atoms with E-state index in [-0.39, 0.29) is 11.9 Å². The lowest BCUT2D eigenvalue weighted by Crippen LogP contribution is -2.46. The minimum atomic E-state index is -0.205. The van der Waals surface area contributed by atoms with Gasteiger partial charge >= 0.3 is 6.03 Å². The lowest BCUT2D eigenvalue weighted by Gasteiger charge is -2.34. The molecular weight excluding hydrogens is 304 g/mol. The van der Waals surface area contributed by atoms with Gasteiger partial charge in [-0.1, -0.05) is 13.0 Å². The van der Waals surface area contributed by atoms with Gasteiger partial charge in [0.15, 0.2) is 0 Å². The smallest absolute Gasteiger partial charge is 0.321 e. The van der Waals surface area contributed by atoms with Crippen LogP contribution in [0.1, 0.15) is 36.5 Å². The molecule has 1 aliphatic rings. The fourth-order valence-electron chi connectivity index (χ4n) is 2.94. The number of piperidine rings is 1. The van der Waals surface area contributed by atoms with Gasteiger partial charge < -0.3 is 20.4 Å². The average Bonchev–Trinajstić information content (AvgIpc) is 2.60. The van der Waals surface area contributed by atoms with Crippen molar-refractivity contribution in [2.75, 3.05) is 39.0 Å². The van der Waals surface area contributed by atoms with E-state index in [1.54, 1.807) is 26.2 Å². The van der Waals surface area contributed by atoms with Crippen molar-refractivity contribution in [3.63, 3.8) is 0 Å². The van der Waals surface area contributed by atoms with Crippen LogP contribution in [0.25, 0.3) is 0 Å². The van der Waals surface area contributed by atoms with Crippen molar-refractivity contribution in [3.8, 4) is 0 Å². The first-order valence-corrected chi connectivity index (χ1v) is 8.63. The van der Waals surface area contributed by atoms with Crippen molar-refractivity contribution in [1.82, 2.24) is 15.1 Å². The summed E-state index contributed by atoms with van der Waals surface area (Å²) in [7, 11) is 3.37. The van der Waals surface area contributed by atoms with Crippen LogP contribution in [-0.2, 0) is 0 Å². The highest BCUT2D eigenvalue weighted by Gasteiger charge is 2.25. The van der Waals surface area contributed by atoms with E-state index in [0.29, 0.717) is 17.3 Å². The zero-order chi connectivity index (χ0) is 17.5. The molecule has 0 spiro atoms. The zero-order valence-corrected chi connectivity index (χ0v) is 14.8. The second kappa shape index (κ2) is 8.68. The molecule has 6 heteroatoms. The van der Waals surface area contributed by atoms with Crippen LogP contribution in [-0.4, -0.2) is 61.5 Å². The van der Waals surface area contributed by atoms with Gasteiger partial charge in [0.2, 0.25) is 0 Å². The zero-order valence-electron chi connectivity index (χ0n) is 14.8. The van der Waals surface area contributed by atoms with Gasteiger partial charge in [-0.05, 0) is 50.6 Å². The molecule has 3 amide bonds. The molecule has 1 heterocycles. The molecule has 24 heavy (non-hydrogen) atoms. The third kappa shape index (κ3) is 4.71. The van der Waals surface area contributed by atoms with Crippen LogP contribution in [0, 0.1) is 0 Å². The molecule has 6 nitrogen and oxygen atoms in total. The fraction of sp³-hybridized carbons (Fsp3) is 0.556. The summed E-state index contributed by atoms with van der Waals surface area (Å²) in [5, 5.41) is 6.13. The molecule has 0 bridgehead atoms. The third-order valence-electron chi connectivity index (χ3n) is 4.24. The van der Waals surface area contributed by atoms with E-state index in [9.17, 15) is 9.59 Å². The van der Waals surface area contributed by atoms with Crippen molar-refractivity contribution in [1.29, 1.82) is 0 Å². The monoisotopic (exact) mass is 332 g/mol. The highest BCUT2D eigenvalue weighted by Crippen LogP contribution is 2.18. The highest BCUT2D eigenvalue weighted by atomic mass is 16.2. The quantitative estimate of drug-likeness (QED) is 0.870. The molecular formula is C18H28N4O2. The number of nitrogens with zero attached hydrogens (tertiary/aromatic N) is 2. The molecule has 0 unspecified atom stereocenters. The average molecular weight is 332 g/mol. The first kappa shape index (κ1) is 18.3. The fourth-order valence-corrected chi connectivity index (χ4v) is 2.94. The predicted molar refractivity (Wildman–Crippen MR) is 96.4 cm³/mol. The van der Waals surface area contributed by atoms with Gasteiger partial charge in [-0.2, -0.15) is 0 Å². The summed E-state index contributed by atoms with van der Waals surface area (Å²) in [5.41, 5.74) is 1.26. The van der Waals surface area contributed by atoms with Gasteiger partial charge in [0, 0.05) is 37.9 Å². The van der Waals surface area contributed by atoms with Gasteiger partial charge in [-0.3, -0.25) is 4.79 Å². The van der Waals surface area contributed by atoms with Crippen molar-refractivity contribution in [2.24, 2.45) is 0 Å². The van der Waals surface area contributed by atoms with E-state index in [1.807, 2.05) is 17.0 Å². The Bertz CT molecular complexity index is 568. The molecule has 1 fully saturated rings. The Labute approximate surface area is 144 Å². The van der Waals surface area contributed by atoms with Crippen molar-refractivity contribution in [3.05, 3.63) is 29.8 Å². The number of hydrogen-bond acceptors (Lipinski definition) is 3. The molecule has 0 atom stereocenters. The van der Waals surface area contributed by atoms with Gasteiger partial charge in [-0.15, -0.1) is 0 Å². The molecule has 1 saturated heterocycles. The molecule has 0 aromatic heterocycles. The summed E-state index contributed by atoms with van der Waals surface area (Å²) in [6.45, 7) is 4.76. The Balaban J connectivity index is 2.15. The normalized spacial score (nSPS) is 15.0. The number of amides is 3. The largest absolute Gasteiger partial charge is 0.336 e. The number of urea groups is 1. The number of nitrogens with one attached hydrogen (secondary N) is 2. The minimum absolute atomic E-state index is 0.0460. The second-order valence-corrected chi connectivity index (χ2v) is 6.39. The van der Waals surface area contributed by atoms with E-state index in [1.165, 1.54) is 4.90 Å². The summed E-state index contributed by atoms with van der Waals surface area (Å²) in [4.78, 5) is 28.2. The Kier molecular flexibility index (Phi) is 6.61. The van der Waals surface area contributed by atoms with Gasteiger partial charge in [-0.25, -0.2) is 4.79 Å². The lowest BCUT2D eigenvalue weighted by molar-refractivity contribution is 0.0642. The maximum absolute atomic E-state index is 13.0. The molecule has 132 valence electrons. The minimum Gasteiger partial charge on any atom is -0.336 e. The van der Waals surface area contributed by atoms with Gasteiger partial charge in [0.25, 0.3) is 5.91 Å². The second-order valence-electron chi connectivity index (χ2n) is 6.39. The Hall–Kier alpha value is -2.08. The summed E-state index contributed by atoms with van der Waals surface area (Å²) in [6, 6.07) is 7.27. The van der Waals surface area contributed by atoms with Crippen molar-refractivity contribution >= 4 is 17.6 Å². The summed E-state index contributed by atoms with van der Waals surface area (Å²) in [6.07, 6.45) is 2.91. The molecule has 0 aliphatic carbocycles. The molecule has 0 saturated carbocycles. The molecule has 2 N–H and O–H groups in total. The summed E-state index contributed by atoms with van der Waals surface area (Å²) >= 11 is 0. The number of carbonyl (C=O) groups is 2. The van der Waals surface area contributed by atoms with E-state index >= 15 is 0 Å². The van der Waals surface area contributed by atoms with Crippen LogP contribution in [0.5, 0.6) is 0 Å². The van der Waals surface area contributed by atoms with Crippen LogP contribution < -0.4 is 10.6 Å². The van der Waals surface area contributed by atoms with Gasteiger partial charge in [0.1, 0.15) is 0 Å². The van der Waals surface area contributed by atoms with E-state index in [2.05, 4.69) is 17.6 Å². The first-order chi connectivity index (χ1) is 11.5. The van der Waals surface area contributed by atoms with Crippen LogP contribution in [0.15, 0.2) is 24.3 Å². The maximum Gasteiger partial charge on any atom is 0.321 e. The topological polar surface area (TPSA) is 64.7 Å². The number of anilines is 1. The predicted octanol–water partition coefficient (Wildman–Crippen LogP) is 2.38. The molecule has 2 rings (SSSR count). The maximum atomic E-state index is 13.0. The number of hydrogen-bond donors (Lipinski definition) is 2. The van der Waals surface area contributed by atoms with Crippen LogP contribution in [0.3, 0.4) is 0 Å². The first-order valence-electron chi connectivity index (χ1n) is 8.63.